The van der Waals surface area contributed by atoms with Gasteiger partial charge in [-0.15, -0.1) is 0 Å². The maximum Gasteiger partial charge on any atom is 0.494 e. The number of hydrogen-bond donors (Lipinski definition) is 1. The van der Waals surface area contributed by atoms with Crippen molar-refractivity contribution in [2.45, 2.75) is 34.2 Å². The fraction of sp³-hybridized carbons (Fsp3) is 0.524. The number of hydrogen-bond acceptors (Lipinski definition) is 6. The molecule has 2 amide bonds. The smallest absolute Gasteiger partial charge is 0.407 e. The van der Waals surface area contributed by atoms with Crippen LogP contribution in [0, 0.1) is 10.8 Å². The van der Waals surface area contributed by atoms with E-state index >= 15 is 0 Å². The zero-order valence-electron chi connectivity index (χ0n) is 18.3. The maximum atomic E-state index is 13.0. The van der Waals surface area contributed by atoms with Crippen LogP contribution in [0.5, 0.6) is 0 Å². The summed E-state index contributed by atoms with van der Waals surface area (Å²) in [5.41, 5.74) is 5.51. The number of fused-ring (bicyclic) bond motifs is 1. The number of aromatic nitrogens is 2. The van der Waals surface area contributed by atoms with Crippen molar-refractivity contribution >= 4 is 35.4 Å². The van der Waals surface area contributed by atoms with Gasteiger partial charge in [-0.05, 0) is 23.0 Å². The summed E-state index contributed by atoms with van der Waals surface area (Å²) in [4.78, 5) is 43.8. The Bertz CT molecular complexity index is 1110. The van der Waals surface area contributed by atoms with Crippen LogP contribution in [0.15, 0.2) is 23.1 Å². The minimum Gasteiger partial charge on any atom is -0.407 e. The highest BCUT2D eigenvalue weighted by Gasteiger charge is 2.38. The highest BCUT2D eigenvalue weighted by molar-refractivity contribution is 6.64. The van der Waals surface area contributed by atoms with Gasteiger partial charge in [-0.1, -0.05) is 27.7 Å². The summed E-state index contributed by atoms with van der Waals surface area (Å²) < 4.78 is 13.0. The second kappa shape index (κ2) is 7.46. The number of pyridine rings is 2. The standard InChI is InChI=1S/C21H27BN4O5/c1-20(2)9-25(10-20)16(27)8-26-18-13(7-14(17(23)28)19(26)29)15(5-6-24-18)22-30-11-21(3,4)12-31-22/h5-7H,8-12H2,1-4H3,(H2,23,28). The predicted octanol–water partition coefficient (Wildman–Crippen LogP) is 0.132. The minimum atomic E-state index is -0.861. The molecule has 2 N–H and O–H groups in total. The monoisotopic (exact) mass is 426 g/mol. The molecule has 0 saturated carbocycles. The van der Waals surface area contributed by atoms with Gasteiger partial charge in [-0.3, -0.25) is 19.0 Å². The molecular formula is C21H27BN4O5. The highest BCUT2D eigenvalue weighted by Crippen LogP contribution is 2.29. The zero-order chi connectivity index (χ0) is 22.6. The van der Waals surface area contributed by atoms with E-state index < -0.39 is 18.6 Å². The lowest BCUT2D eigenvalue weighted by atomic mass is 9.74. The summed E-state index contributed by atoms with van der Waals surface area (Å²) in [6.07, 6.45) is 1.54. The number of carbonyl (C=O) groups is 2. The molecule has 2 fully saturated rings. The molecule has 4 rings (SSSR count). The minimum absolute atomic E-state index is 0.0621. The quantitative estimate of drug-likeness (QED) is 0.695. The Kier molecular flexibility index (Phi) is 5.17. The van der Waals surface area contributed by atoms with Crippen LogP contribution >= 0.6 is 0 Å². The predicted molar refractivity (Wildman–Crippen MR) is 116 cm³/mol. The van der Waals surface area contributed by atoms with Crippen molar-refractivity contribution < 1.29 is 18.9 Å². The van der Waals surface area contributed by atoms with E-state index in [1.165, 1.54) is 10.6 Å². The Balaban J connectivity index is 1.77. The summed E-state index contributed by atoms with van der Waals surface area (Å²) in [7, 11) is -0.669. The first-order valence-electron chi connectivity index (χ1n) is 10.3. The summed E-state index contributed by atoms with van der Waals surface area (Å²) in [5.74, 6) is -1.07. The molecule has 4 heterocycles. The lowest BCUT2D eigenvalue weighted by molar-refractivity contribution is -0.142. The highest BCUT2D eigenvalue weighted by atomic mass is 16.6. The third kappa shape index (κ3) is 4.09. The topological polar surface area (TPSA) is 117 Å². The van der Waals surface area contributed by atoms with Crippen molar-refractivity contribution in [2.75, 3.05) is 26.3 Å². The van der Waals surface area contributed by atoms with Crippen molar-refractivity contribution in [3.63, 3.8) is 0 Å². The molecule has 31 heavy (non-hydrogen) atoms. The number of amides is 2. The van der Waals surface area contributed by atoms with Crippen LogP contribution in [-0.4, -0.2) is 59.7 Å². The first-order chi connectivity index (χ1) is 14.5. The number of carbonyl (C=O) groups excluding carboxylic acids is 2. The molecule has 2 aromatic rings. The van der Waals surface area contributed by atoms with Crippen molar-refractivity contribution in [1.29, 1.82) is 0 Å². The molecule has 0 spiro atoms. The molecule has 0 aromatic carbocycles. The van der Waals surface area contributed by atoms with Gasteiger partial charge in [0.15, 0.2) is 0 Å². The van der Waals surface area contributed by atoms with E-state index in [0.717, 1.165) is 0 Å². The molecule has 2 aromatic heterocycles. The first-order valence-corrected chi connectivity index (χ1v) is 10.3. The SMILES string of the molecule is CC1(C)COB(c2ccnc3c2cc(C(N)=O)c(=O)n3CC(=O)N2CC(C)(C)C2)OC1. The van der Waals surface area contributed by atoms with Gasteiger partial charge in [0.2, 0.25) is 5.91 Å². The van der Waals surface area contributed by atoms with Gasteiger partial charge >= 0.3 is 7.12 Å². The summed E-state index contributed by atoms with van der Waals surface area (Å²) in [6, 6.07) is 3.15. The Labute approximate surface area is 180 Å². The second-order valence-electron chi connectivity index (χ2n) is 9.98. The third-order valence-electron chi connectivity index (χ3n) is 5.68. The average molecular weight is 426 g/mol. The number of nitrogens with zero attached hydrogens (tertiary/aromatic N) is 3. The average Bonchev–Trinajstić information content (AvgIpc) is 2.67. The summed E-state index contributed by atoms with van der Waals surface area (Å²) >= 11 is 0. The summed E-state index contributed by atoms with van der Waals surface area (Å²) in [5, 5.41) is 0.498. The Morgan fingerprint density at radius 3 is 2.39 bits per heavy atom. The molecule has 2 aliphatic heterocycles. The number of nitrogens with two attached hydrogens (primary N) is 1. The summed E-state index contributed by atoms with van der Waals surface area (Å²) in [6.45, 7) is 10.2. The molecule has 10 heteroatoms. The van der Waals surface area contributed by atoms with E-state index in [4.69, 9.17) is 15.0 Å². The lowest BCUT2D eigenvalue weighted by Crippen LogP contribution is -2.56. The van der Waals surface area contributed by atoms with E-state index in [0.29, 0.717) is 37.2 Å². The van der Waals surface area contributed by atoms with Crippen molar-refractivity contribution in [3.05, 3.63) is 34.2 Å². The molecule has 2 saturated heterocycles. The maximum absolute atomic E-state index is 13.0. The van der Waals surface area contributed by atoms with Crippen molar-refractivity contribution in [3.8, 4) is 0 Å². The second-order valence-corrected chi connectivity index (χ2v) is 9.98. The molecule has 164 valence electrons. The van der Waals surface area contributed by atoms with E-state index in [1.807, 2.05) is 13.8 Å². The van der Waals surface area contributed by atoms with Crippen LogP contribution in [0.4, 0.5) is 0 Å². The third-order valence-corrected chi connectivity index (χ3v) is 5.68. The van der Waals surface area contributed by atoms with Gasteiger partial charge in [0.05, 0.1) is 0 Å². The van der Waals surface area contributed by atoms with Crippen LogP contribution in [0.25, 0.3) is 11.0 Å². The Morgan fingerprint density at radius 2 is 1.81 bits per heavy atom. The molecule has 0 radical (unpaired) electrons. The molecule has 2 aliphatic rings. The molecule has 0 bridgehead atoms. The number of primary amides is 1. The molecule has 0 atom stereocenters. The van der Waals surface area contributed by atoms with Crippen LogP contribution < -0.4 is 16.8 Å². The van der Waals surface area contributed by atoms with Crippen LogP contribution in [-0.2, 0) is 20.6 Å². The van der Waals surface area contributed by atoms with Crippen LogP contribution in [0.3, 0.4) is 0 Å². The zero-order valence-corrected chi connectivity index (χ0v) is 18.3. The lowest BCUT2D eigenvalue weighted by Gasteiger charge is -2.45. The van der Waals surface area contributed by atoms with Crippen LogP contribution in [0.1, 0.15) is 38.1 Å². The van der Waals surface area contributed by atoms with Gasteiger partial charge < -0.3 is 19.9 Å². The fourth-order valence-electron chi connectivity index (χ4n) is 4.09. The Hall–Kier alpha value is -2.72. The molecule has 0 aliphatic carbocycles. The fourth-order valence-corrected chi connectivity index (χ4v) is 4.09. The normalized spacial score (nSPS) is 19.9. The van der Waals surface area contributed by atoms with Gasteiger partial charge in [0, 0.05) is 43.3 Å². The Morgan fingerprint density at radius 1 is 1.16 bits per heavy atom. The van der Waals surface area contributed by atoms with Crippen molar-refractivity contribution in [2.24, 2.45) is 16.6 Å². The van der Waals surface area contributed by atoms with Gasteiger partial charge in [-0.25, -0.2) is 4.98 Å². The number of likely N-dealkylation sites (tertiary alicyclic amines) is 1. The van der Waals surface area contributed by atoms with Gasteiger partial charge in [-0.2, -0.15) is 0 Å². The molecular weight excluding hydrogens is 399 g/mol. The van der Waals surface area contributed by atoms with Gasteiger partial charge in [0.25, 0.3) is 11.5 Å². The van der Waals surface area contributed by atoms with Crippen LogP contribution in [0.2, 0.25) is 0 Å². The number of rotatable bonds is 4. The molecule has 9 nitrogen and oxygen atoms in total. The van der Waals surface area contributed by atoms with E-state index in [9.17, 15) is 14.4 Å². The van der Waals surface area contributed by atoms with E-state index in [2.05, 4.69) is 18.8 Å². The van der Waals surface area contributed by atoms with E-state index in [-0.39, 0.29) is 34.5 Å². The first kappa shape index (κ1) is 21.5. The van der Waals surface area contributed by atoms with E-state index in [1.54, 1.807) is 17.2 Å². The molecule has 0 unspecified atom stereocenters. The van der Waals surface area contributed by atoms with Gasteiger partial charge in [0.1, 0.15) is 17.8 Å². The van der Waals surface area contributed by atoms with Crippen molar-refractivity contribution in [1.82, 2.24) is 14.5 Å². The largest absolute Gasteiger partial charge is 0.494 e.